The van der Waals surface area contributed by atoms with E-state index in [0.717, 1.165) is 6.42 Å². The number of nitrogens with one attached hydrogen (secondary N) is 1. The van der Waals surface area contributed by atoms with Crippen molar-refractivity contribution in [1.29, 1.82) is 0 Å². The van der Waals surface area contributed by atoms with Gasteiger partial charge in [-0.3, -0.25) is 4.90 Å². The Morgan fingerprint density at radius 2 is 1.95 bits per heavy atom. The van der Waals surface area contributed by atoms with Crippen LogP contribution in [0.25, 0.3) is 0 Å². The van der Waals surface area contributed by atoms with Crippen molar-refractivity contribution in [3.05, 3.63) is 0 Å². The van der Waals surface area contributed by atoms with Crippen molar-refractivity contribution in [3.63, 3.8) is 0 Å². The van der Waals surface area contributed by atoms with Crippen molar-refractivity contribution in [1.82, 2.24) is 15.1 Å². The number of thioether (sulfide) groups is 1. The van der Waals surface area contributed by atoms with Crippen LogP contribution in [0, 0.1) is 0 Å². The summed E-state index contributed by atoms with van der Waals surface area (Å²) in [6, 6.07) is -0.311. The van der Waals surface area contributed by atoms with E-state index in [2.05, 4.69) is 22.0 Å². The van der Waals surface area contributed by atoms with Crippen LogP contribution in [0.4, 0.5) is 9.59 Å². The predicted molar refractivity (Wildman–Crippen MR) is 82.3 cm³/mol. The van der Waals surface area contributed by atoms with Gasteiger partial charge in [-0.25, -0.2) is 9.59 Å². The molecule has 0 heterocycles. The number of amides is 3. The maximum atomic E-state index is 12.0. The summed E-state index contributed by atoms with van der Waals surface area (Å²) < 4.78 is 4.48. The molecule has 20 heavy (non-hydrogen) atoms. The molecule has 0 aliphatic rings. The zero-order valence-electron chi connectivity index (χ0n) is 13.0. The first-order valence-electron chi connectivity index (χ1n) is 6.25. The van der Waals surface area contributed by atoms with Gasteiger partial charge in [0.05, 0.1) is 7.11 Å². The van der Waals surface area contributed by atoms with Crippen LogP contribution in [0.2, 0.25) is 0 Å². The smallest absolute Gasteiger partial charge is 0.436 e. The molecule has 0 aliphatic heterocycles. The second-order valence-corrected chi connectivity index (χ2v) is 5.43. The van der Waals surface area contributed by atoms with Crippen molar-refractivity contribution in [2.75, 3.05) is 41.1 Å². The van der Waals surface area contributed by atoms with Gasteiger partial charge in [0.2, 0.25) is 5.96 Å². The van der Waals surface area contributed by atoms with E-state index < -0.39 is 6.09 Å². The number of hydrogen-bond acceptors (Lipinski definition) is 4. The van der Waals surface area contributed by atoms with Gasteiger partial charge in [0.1, 0.15) is 0 Å². The van der Waals surface area contributed by atoms with E-state index in [1.807, 2.05) is 6.26 Å². The number of methoxy groups -OCH3 is 1. The molecule has 1 atom stereocenters. The predicted octanol–water partition coefficient (Wildman–Crippen LogP) is 1.45. The number of urea groups is 1. The molecule has 0 radical (unpaired) electrons. The van der Waals surface area contributed by atoms with Crippen LogP contribution in [0.3, 0.4) is 0 Å². The SMILES string of the molecule is CCC(CNC(=O)N(C)/C(=N\C(=O)OC)N(C)C)SC. The third-order valence-electron chi connectivity index (χ3n) is 2.64. The number of hydrogen-bond donors (Lipinski definition) is 1. The van der Waals surface area contributed by atoms with E-state index in [-0.39, 0.29) is 12.0 Å². The van der Waals surface area contributed by atoms with Crippen molar-refractivity contribution in [2.24, 2.45) is 4.99 Å². The molecule has 0 aromatic carbocycles. The molecule has 0 fully saturated rings. The van der Waals surface area contributed by atoms with Crippen molar-refractivity contribution in [2.45, 2.75) is 18.6 Å². The Morgan fingerprint density at radius 3 is 2.35 bits per heavy atom. The fourth-order valence-electron chi connectivity index (χ4n) is 1.41. The third-order valence-corrected chi connectivity index (χ3v) is 3.81. The van der Waals surface area contributed by atoms with Crippen LogP contribution >= 0.6 is 11.8 Å². The largest absolute Gasteiger partial charge is 0.451 e. The molecule has 1 unspecified atom stereocenters. The molecule has 7 nitrogen and oxygen atoms in total. The molecule has 8 heteroatoms. The molecule has 1 N–H and O–H groups in total. The average Bonchev–Trinajstić information content (AvgIpc) is 2.44. The lowest BCUT2D eigenvalue weighted by Crippen LogP contribution is -2.48. The maximum Gasteiger partial charge on any atom is 0.436 e. The number of carbonyl (C=O) groups excluding carboxylic acids is 2. The van der Waals surface area contributed by atoms with Gasteiger partial charge in [-0.15, -0.1) is 4.99 Å². The van der Waals surface area contributed by atoms with E-state index in [0.29, 0.717) is 11.8 Å². The van der Waals surface area contributed by atoms with Crippen molar-refractivity contribution < 1.29 is 14.3 Å². The Bertz CT molecular complexity index is 357. The van der Waals surface area contributed by atoms with Gasteiger partial charge in [-0.05, 0) is 12.7 Å². The zero-order valence-corrected chi connectivity index (χ0v) is 13.8. The minimum Gasteiger partial charge on any atom is -0.451 e. The van der Waals surface area contributed by atoms with E-state index in [1.54, 1.807) is 37.8 Å². The highest BCUT2D eigenvalue weighted by molar-refractivity contribution is 7.99. The van der Waals surface area contributed by atoms with Gasteiger partial charge in [0.25, 0.3) is 0 Å². The van der Waals surface area contributed by atoms with Gasteiger partial charge in [-0.1, -0.05) is 6.92 Å². The van der Waals surface area contributed by atoms with Crippen LogP contribution in [-0.4, -0.2) is 74.2 Å². The number of guanidine groups is 1. The molecule has 116 valence electrons. The third kappa shape index (κ3) is 6.14. The van der Waals surface area contributed by atoms with Gasteiger partial charge in [0, 0.05) is 32.9 Å². The fourth-order valence-corrected chi connectivity index (χ4v) is 1.99. The molecule has 0 rings (SSSR count). The molecule has 0 aromatic rings. The minimum absolute atomic E-state index is 0.214. The Kier molecular flexibility index (Phi) is 8.78. The molecule has 0 aliphatic carbocycles. The Morgan fingerprint density at radius 1 is 1.35 bits per heavy atom. The van der Waals surface area contributed by atoms with E-state index in [4.69, 9.17) is 0 Å². The summed E-state index contributed by atoms with van der Waals surface area (Å²) in [6.45, 7) is 2.64. The summed E-state index contributed by atoms with van der Waals surface area (Å²) in [6.07, 6.45) is 2.24. The normalized spacial score (nSPS) is 12.6. The first-order chi connectivity index (χ1) is 9.37. The van der Waals surface area contributed by atoms with Crippen LogP contribution in [0.15, 0.2) is 4.99 Å². The Balaban J connectivity index is 4.74. The highest BCUT2D eigenvalue weighted by Crippen LogP contribution is 2.08. The van der Waals surface area contributed by atoms with Crippen LogP contribution in [0.5, 0.6) is 0 Å². The quantitative estimate of drug-likeness (QED) is 0.628. The monoisotopic (exact) mass is 304 g/mol. The molecular formula is C12H24N4O3S. The second kappa shape index (κ2) is 9.46. The molecule has 0 bridgehead atoms. The van der Waals surface area contributed by atoms with E-state index in [9.17, 15) is 9.59 Å². The summed E-state index contributed by atoms with van der Waals surface area (Å²) in [5.74, 6) is 0.214. The number of carbonyl (C=O) groups is 2. The first kappa shape index (κ1) is 18.6. The fraction of sp³-hybridized carbons (Fsp3) is 0.750. The van der Waals surface area contributed by atoms with Crippen LogP contribution in [0.1, 0.15) is 13.3 Å². The topological polar surface area (TPSA) is 74.2 Å². The summed E-state index contributed by atoms with van der Waals surface area (Å²) in [5, 5.41) is 3.19. The van der Waals surface area contributed by atoms with E-state index in [1.165, 1.54) is 12.0 Å². The van der Waals surface area contributed by atoms with Crippen LogP contribution < -0.4 is 5.32 Å². The van der Waals surface area contributed by atoms with Gasteiger partial charge in [-0.2, -0.15) is 11.8 Å². The minimum atomic E-state index is -0.746. The lowest BCUT2D eigenvalue weighted by molar-refractivity contribution is 0.181. The molecule has 0 aromatic heterocycles. The molecule has 0 spiro atoms. The molecular weight excluding hydrogens is 280 g/mol. The highest BCUT2D eigenvalue weighted by Gasteiger charge is 2.19. The maximum absolute atomic E-state index is 12.0. The summed E-state index contributed by atoms with van der Waals surface area (Å²) in [5.41, 5.74) is 0. The highest BCUT2D eigenvalue weighted by atomic mass is 32.2. The zero-order chi connectivity index (χ0) is 15.7. The Hall–Kier alpha value is -1.44. The van der Waals surface area contributed by atoms with Crippen molar-refractivity contribution >= 4 is 29.8 Å². The molecule has 0 saturated carbocycles. The number of ether oxygens (including phenoxy) is 1. The standard InChI is InChI=1S/C12H24N4O3S/c1-7-9(20-6)8-13-11(17)16(4)10(15(2)3)14-12(18)19-5/h9H,7-8H2,1-6H3,(H,13,17)/b14-10-. The lowest BCUT2D eigenvalue weighted by Gasteiger charge is -2.25. The number of nitrogens with zero attached hydrogens (tertiary/aromatic N) is 3. The molecule has 0 saturated heterocycles. The second-order valence-electron chi connectivity index (χ2n) is 4.29. The lowest BCUT2D eigenvalue weighted by atomic mass is 10.3. The summed E-state index contributed by atoms with van der Waals surface area (Å²) >= 11 is 1.70. The van der Waals surface area contributed by atoms with E-state index >= 15 is 0 Å². The van der Waals surface area contributed by atoms with Crippen molar-refractivity contribution in [3.8, 4) is 0 Å². The summed E-state index contributed by atoms with van der Waals surface area (Å²) in [7, 11) is 6.19. The van der Waals surface area contributed by atoms with Gasteiger partial charge < -0.3 is 15.0 Å². The van der Waals surface area contributed by atoms with Gasteiger partial charge >= 0.3 is 12.1 Å². The Labute approximate surface area is 124 Å². The number of rotatable bonds is 4. The number of aliphatic imine (C=N–C) groups is 1. The first-order valence-corrected chi connectivity index (χ1v) is 7.54. The molecule has 3 amide bonds. The van der Waals surface area contributed by atoms with Gasteiger partial charge in [0.15, 0.2) is 0 Å². The van der Waals surface area contributed by atoms with Crippen LogP contribution in [-0.2, 0) is 4.74 Å². The average molecular weight is 304 g/mol. The summed E-state index contributed by atoms with van der Waals surface area (Å²) in [4.78, 5) is 29.8.